The van der Waals surface area contributed by atoms with Crippen LogP contribution in [0.3, 0.4) is 0 Å². The first kappa shape index (κ1) is 16.3. The van der Waals surface area contributed by atoms with Gasteiger partial charge in [-0.1, -0.05) is 12.1 Å². The Hall–Kier alpha value is -2.05. The third-order valence-corrected chi connectivity index (χ3v) is 4.94. The van der Waals surface area contributed by atoms with Crippen LogP contribution in [0.1, 0.15) is 11.1 Å². The van der Waals surface area contributed by atoms with E-state index in [-0.39, 0.29) is 4.90 Å². The summed E-state index contributed by atoms with van der Waals surface area (Å²) < 4.78 is 27.7. The van der Waals surface area contributed by atoms with Gasteiger partial charge in [0.1, 0.15) is 0 Å². The molecule has 2 aromatic carbocycles. The van der Waals surface area contributed by atoms with Gasteiger partial charge in [-0.25, -0.2) is 8.42 Å². The number of benzene rings is 2. The van der Waals surface area contributed by atoms with E-state index < -0.39 is 10.0 Å². The van der Waals surface area contributed by atoms with Gasteiger partial charge in [-0.3, -0.25) is 4.72 Å². The smallest absolute Gasteiger partial charge is 0.262 e. The van der Waals surface area contributed by atoms with Crippen LogP contribution in [0, 0.1) is 6.92 Å². The number of nitrogens with one attached hydrogen (secondary N) is 1. The van der Waals surface area contributed by atoms with E-state index in [2.05, 4.69) is 4.72 Å². The number of hydrogen-bond acceptors (Lipinski definition) is 4. The minimum absolute atomic E-state index is 0.257. The molecule has 0 amide bonds. The molecule has 2 rings (SSSR count). The molecule has 0 aliphatic carbocycles. The number of aryl methyl sites for hydroxylation is 1. The maximum absolute atomic E-state index is 12.5. The predicted octanol–water partition coefficient (Wildman–Crippen LogP) is 2.32. The number of rotatable bonds is 5. The summed E-state index contributed by atoms with van der Waals surface area (Å²) in [7, 11) is 0.234. The van der Waals surface area contributed by atoms with Crippen LogP contribution >= 0.6 is 0 Å². The fourth-order valence-corrected chi connectivity index (χ4v) is 3.45. The molecule has 0 saturated heterocycles. The summed E-state index contributed by atoms with van der Waals surface area (Å²) in [6.07, 6.45) is 0. The van der Waals surface area contributed by atoms with Crippen molar-refractivity contribution in [3.63, 3.8) is 0 Å². The summed E-state index contributed by atoms with van der Waals surface area (Å²) in [5, 5.41) is 0. The summed E-state index contributed by atoms with van der Waals surface area (Å²) in [6.45, 7) is 2.07. The molecule has 5 nitrogen and oxygen atoms in total. The van der Waals surface area contributed by atoms with Crippen molar-refractivity contribution >= 4 is 21.4 Å². The molecule has 0 aliphatic heterocycles. The van der Waals surface area contributed by atoms with Gasteiger partial charge in [0.05, 0.1) is 4.90 Å². The minimum Gasteiger partial charge on any atom is -0.378 e. The summed E-state index contributed by atoms with van der Waals surface area (Å²) in [5.74, 6) is 0. The highest BCUT2D eigenvalue weighted by molar-refractivity contribution is 7.92. The van der Waals surface area contributed by atoms with Crippen molar-refractivity contribution < 1.29 is 8.42 Å². The Labute approximate surface area is 131 Å². The average Bonchev–Trinajstić information content (AvgIpc) is 2.47. The highest BCUT2D eigenvalue weighted by Crippen LogP contribution is 2.22. The van der Waals surface area contributed by atoms with Crippen molar-refractivity contribution in [1.29, 1.82) is 0 Å². The zero-order valence-corrected chi connectivity index (χ0v) is 13.8. The van der Waals surface area contributed by atoms with Crippen LogP contribution in [0.2, 0.25) is 0 Å². The van der Waals surface area contributed by atoms with E-state index in [1.807, 2.05) is 37.2 Å². The fraction of sp³-hybridized carbons (Fsp3) is 0.250. The lowest BCUT2D eigenvalue weighted by Gasteiger charge is -2.14. The molecule has 0 atom stereocenters. The Kier molecular flexibility index (Phi) is 4.73. The fourth-order valence-electron chi connectivity index (χ4n) is 2.10. The Bertz CT molecular complexity index is 753. The molecule has 2 aromatic rings. The second-order valence-electron chi connectivity index (χ2n) is 5.35. The molecule has 3 N–H and O–H groups in total. The zero-order chi connectivity index (χ0) is 16.3. The van der Waals surface area contributed by atoms with Gasteiger partial charge in [0.2, 0.25) is 0 Å². The SMILES string of the molecule is Cc1ccc(CN)cc1S(=O)(=O)Nc1ccc(N(C)C)cc1. The molecule has 0 bridgehead atoms. The van der Waals surface area contributed by atoms with Gasteiger partial charge in [-0.15, -0.1) is 0 Å². The molecule has 0 unspecified atom stereocenters. The molecule has 0 aromatic heterocycles. The lowest BCUT2D eigenvalue weighted by molar-refractivity contribution is 0.600. The number of hydrogen-bond donors (Lipinski definition) is 2. The minimum atomic E-state index is -3.63. The predicted molar refractivity (Wildman–Crippen MR) is 90.6 cm³/mol. The third kappa shape index (κ3) is 3.58. The van der Waals surface area contributed by atoms with Crippen LogP contribution in [0.25, 0.3) is 0 Å². The van der Waals surface area contributed by atoms with E-state index in [1.54, 1.807) is 31.2 Å². The largest absolute Gasteiger partial charge is 0.378 e. The molecule has 0 radical (unpaired) electrons. The van der Waals surface area contributed by atoms with E-state index in [0.29, 0.717) is 17.8 Å². The number of nitrogens with zero attached hydrogens (tertiary/aromatic N) is 1. The molecule has 0 spiro atoms. The third-order valence-electron chi connectivity index (χ3n) is 3.41. The lowest BCUT2D eigenvalue weighted by atomic mass is 10.1. The van der Waals surface area contributed by atoms with Crippen LogP contribution in [0.5, 0.6) is 0 Å². The van der Waals surface area contributed by atoms with Crippen molar-refractivity contribution in [1.82, 2.24) is 0 Å². The van der Waals surface area contributed by atoms with Crippen molar-refractivity contribution in [2.24, 2.45) is 5.73 Å². The van der Waals surface area contributed by atoms with Crippen LogP contribution in [0.15, 0.2) is 47.4 Å². The second kappa shape index (κ2) is 6.37. The van der Waals surface area contributed by atoms with E-state index in [1.165, 1.54) is 0 Å². The number of nitrogens with two attached hydrogens (primary N) is 1. The topological polar surface area (TPSA) is 75.4 Å². The first-order valence-corrected chi connectivity index (χ1v) is 8.41. The average molecular weight is 319 g/mol. The van der Waals surface area contributed by atoms with Crippen LogP contribution < -0.4 is 15.4 Å². The highest BCUT2D eigenvalue weighted by Gasteiger charge is 2.17. The van der Waals surface area contributed by atoms with E-state index in [0.717, 1.165) is 11.3 Å². The zero-order valence-electron chi connectivity index (χ0n) is 13.0. The standard InChI is InChI=1S/C16H21N3O2S/c1-12-4-5-13(11-17)10-16(12)22(20,21)18-14-6-8-15(9-7-14)19(2)3/h4-10,18H,11,17H2,1-3H3. The van der Waals surface area contributed by atoms with E-state index in [9.17, 15) is 8.42 Å². The molecule has 0 saturated carbocycles. The van der Waals surface area contributed by atoms with Crippen LogP contribution in [-0.2, 0) is 16.6 Å². The highest BCUT2D eigenvalue weighted by atomic mass is 32.2. The van der Waals surface area contributed by atoms with Gasteiger partial charge in [-0.2, -0.15) is 0 Å². The quantitative estimate of drug-likeness (QED) is 0.887. The first-order chi connectivity index (χ1) is 10.3. The maximum atomic E-state index is 12.5. The summed E-state index contributed by atoms with van der Waals surface area (Å²) >= 11 is 0. The van der Waals surface area contributed by atoms with Gasteiger partial charge in [0.15, 0.2) is 0 Å². The monoisotopic (exact) mass is 319 g/mol. The lowest BCUT2D eigenvalue weighted by Crippen LogP contribution is -2.15. The van der Waals surface area contributed by atoms with Gasteiger partial charge >= 0.3 is 0 Å². The van der Waals surface area contributed by atoms with Crippen LogP contribution in [0.4, 0.5) is 11.4 Å². The van der Waals surface area contributed by atoms with E-state index in [4.69, 9.17) is 5.73 Å². The molecule has 0 aliphatic rings. The van der Waals surface area contributed by atoms with Gasteiger partial charge in [0.25, 0.3) is 10.0 Å². The summed E-state index contributed by atoms with van der Waals surface area (Å²) in [4.78, 5) is 2.21. The molecule has 6 heteroatoms. The molecular formula is C16H21N3O2S. The first-order valence-electron chi connectivity index (χ1n) is 6.93. The Morgan fingerprint density at radius 2 is 1.73 bits per heavy atom. The number of anilines is 2. The Balaban J connectivity index is 2.31. The number of sulfonamides is 1. The van der Waals surface area contributed by atoms with E-state index >= 15 is 0 Å². The normalized spacial score (nSPS) is 11.3. The molecule has 0 heterocycles. The van der Waals surface area contributed by atoms with Crippen molar-refractivity contribution in [3.05, 3.63) is 53.6 Å². The maximum Gasteiger partial charge on any atom is 0.262 e. The summed E-state index contributed by atoms with van der Waals surface area (Å²) in [6, 6.07) is 12.4. The van der Waals surface area contributed by atoms with Crippen molar-refractivity contribution in [2.75, 3.05) is 23.7 Å². The van der Waals surface area contributed by atoms with Crippen LogP contribution in [-0.4, -0.2) is 22.5 Å². The molecule has 22 heavy (non-hydrogen) atoms. The Morgan fingerprint density at radius 3 is 2.27 bits per heavy atom. The Morgan fingerprint density at radius 1 is 1.09 bits per heavy atom. The second-order valence-corrected chi connectivity index (χ2v) is 7.00. The summed E-state index contributed by atoms with van der Waals surface area (Å²) in [5.41, 5.74) is 8.60. The molecular weight excluding hydrogens is 298 g/mol. The van der Waals surface area contributed by atoms with Gasteiger partial charge < -0.3 is 10.6 Å². The molecule has 118 valence electrons. The van der Waals surface area contributed by atoms with Crippen molar-refractivity contribution in [3.8, 4) is 0 Å². The van der Waals surface area contributed by atoms with Crippen molar-refractivity contribution in [2.45, 2.75) is 18.4 Å². The van der Waals surface area contributed by atoms with Gasteiger partial charge in [-0.05, 0) is 48.4 Å². The molecule has 0 fully saturated rings. The van der Waals surface area contributed by atoms with Gasteiger partial charge in [0, 0.05) is 32.0 Å².